The summed E-state index contributed by atoms with van der Waals surface area (Å²) in [6.07, 6.45) is 5.61. The highest BCUT2D eigenvalue weighted by molar-refractivity contribution is 8.00. The van der Waals surface area contributed by atoms with Gasteiger partial charge in [0.25, 0.3) is 0 Å². The molecule has 6 nitrogen and oxygen atoms in total. The molecule has 1 amide bonds. The second-order valence-electron chi connectivity index (χ2n) is 8.36. The Morgan fingerprint density at radius 2 is 1.88 bits per heavy atom. The number of carbonyl (C=O) groups excluding carboxylic acids is 1. The molecule has 1 unspecified atom stereocenters. The van der Waals surface area contributed by atoms with Gasteiger partial charge in [0.05, 0.1) is 5.69 Å². The van der Waals surface area contributed by atoms with E-state index in [1.807, 2.05) is 47.0 Å². The van der Waals surface area contributed by atoms with E-state index in [1.54, 1.807) is 12.4 Å². The van der Waals surface area contributed by atoms with Crippen LogP contribution in [0.25, 0.3) is 17.1 Å². The normalized spacial score (nSPS) is 14.1. The molecular weight excluding hydrogens is 430 g/mol. The van der Waals surface area contributed by atoms with Crippen LogP contribution in [0.15, 0.2) is 78.2 Å². The first-order chi connectivity index (χ1) is 16.1. The van der Waals surface area contributed by atoms with E-state index in [-0.39, 0.29) is 11.9 Å². The van der Waals surface area contributed by atoms with E-state index in [9.17, 15) is 4.79 Å². The van der Waals surface area contributed by atoms with Gasteiger partial charge in [-0.25, -0.2) is 0 Å². The summed E-state index contributed by atoms with van der Waals surface area (Å²) in [5, 5.41) is 12.5. The van der Waals surface area contributed by atoms with Crippen molar-refractivity contribution in [3.63, 3.8) is 0 Å². The molecule has 0 aliphatic heterocycles. The van der Waals surface area contributed by atoms with Crippen LogP contribution in [0.4, 0.5) is 0 Å². The van der Waals surface area contributed by atoms with Gasteiger partial charge in [-0.2, -0.15) is 0 Å². The highest BCUT2D eigenvalue weighted by Crippen LogP contribution is 2.38. The Bertz CT molecular complexity index is 1270. The standard InChI is InChI=1S/C26H25N5OS/c1-17-10-13-22(18(2)15-17)31-24(20-9-6-14-27-16-20)29-30-26(31)33-23(19-7-4-3-5-8-19)25(32)28-21-11-12-21/h3-10,13-16,21,23H,11-12H2,1-2H3,(H,28,32). The predicted octanol–water partition coefficient (Wildman–Crippen LogP) is 5.06. The molecule has 2 aromatic carbocycles. The first-order valence-electron chi connectivity index (χ1n) is 11.1. The summed E-state index contributed by atoms with van der Waals surface area (Å²) in [5.74, 6) is 0.707. The largest absolute Gasteiger partial charge is 0.352 e. The lowest BCUT2D eigenvalue weighted by Crippen LogP contribution is -2.30. The molecule has 1 N–H and O–H groups in total. The third-order valence-electron chi connectivity index (χ3n) is 5.63. The number of aromatic nitrogens is 4. The van der Waals surface area contributed by atoms with Crippen molar-refractivity contribution in [2.24, 2.45) is 0 Å². The fourth-order valence-corrected chi connectivity index (χ4v) is 4.87. The number of pyridine rings is 1. The Kier molecular flexibility index (Phi) is 5.96. The van der Waals surface area contributed by atoms with Crippen LogP contribution in [-0.4, -0.2) is 31.7 Å². The molecular formula is C26H25N5OS. The summed E-state index contributed by atoms with van der Waals surface area (Å²) in [5.41, 5.74) is 5.10. The number of nitrogens with one attached hydrogen (secondary N) is 1. The molecule has 0 saturated heterocycles. The molecule has 1 atom stereocenters. The average molecular weight is 456 g/mol. The number of hydrogen-bond acceptors (Lipinski definition) is 5. The zero-order valence-corrected chi connectivity index (χ0v) is 19.4. The van der Waals surface area contributed by atoms with Crippen LogP contribution in [0, 0.1) is 13.8 Å². The lowest BCUT2D eigenvalue weighted by molar-refractivity contribution is -0.120. The van der Waals surface area contributed by atoms with E-state index >= 15 is 0 Å². The number of hydrogen-bond donors (Lipinski definition) is 1. The Labute approximate surface area is 197 Å². The molecule has 166 valence electrons. The van der Waals surface area contributed by atoms with Gasteiger partial charge in [-0.15, -0.1) is 10.2 Å². The van der Waals surface area contributed by atoms with Crippen molar-refractivity contribution in [1.82, 2.24) is 25.1 Å². The van der Waals surface area contributed by atoms with Crippen molar-refractivity contribution in [1.29, 1.82) is 0 Å². The third-order valence-corrected chi connectivity index (χ3v) is 6.83. The zero-order valence-electron chi connectivity index (χ0n) is 18.6. The van der Waals surface area contributed by atoms with Crippen LogP contribution in [0.3, 0.4) is 0 Å². The van der Waals surface area contributed by atoms with Gasteiger partial charge in [-0.05, 0) is 56.0 Å². The topological polar surface area (TPSA) is 72.7 Å². The lowest BCUT2D eigenvalue weighted by atomic mass is 10.1. The van der Waals surface area contributed by atoms with E-state index in [0.29, 0.717) is 11.0 Å². The van der Waals surface area contributed by atoms with Gasteiger partial charge in [-0.3, -0.25) is 14.3 Å². The summed E-state index contributed by atoms with van der Waals surface area (Å²) in [4.78, 5) is 17.5. The van der Waals surface area contributed by atoms with Crippen molar-refractivity contribution in [3.8, 4) is 17.1 Å². The maximum atomic E-state index is 13.2. The highest BCUT2D eigenvalue weighted by atomic mass is 32.2. The molecule has 7 heteroatoms. The van der Waals surface area contributed by atoms with Crippen LogP contribution in [0.2, 0.25) is 0 Å². The molecule has 0 bridgehead atoms. The Morgan fingerprint density at radius 1 is 1.06 bits per heavy atom. The van der Waals surface area contributed by atoms with Gasteiger partial charge in [0.1, 0.15) is 5.25 Å². The van der Waals surface area contributed by atoms with Crippen LogP contribution in [0.5, 0.6) is 0 Å². The first kappa shape index (κ1) is 21.4. The Balaban J connectivity index is 1.60. The van der Waals surface area contributed by atoms with Crippen LogP contribution in [0.1, 0.15) is 34.8 Å². The number of nitrogens with zero attached hydrogens (tertiary/aromatic N) is 4. The summed E-state index contributed by atoms with van der Waals surface area (Å²) in [7, 11) is 0. The summed E-state index contributed by atoms with van der Waals surface area (Å²) in [6.45, 7) is 4.16. The number of thioether (sulfide) groups is 1. The molecule has 0 radical (unpaired) electrons. The number of benzene rings is 2. The monoisotopic (exact) mass is 455 g/mol. The maximum absolute atomic E-state index is 13.2. The fourth-order valence-electron chi connectivity index (χ4n) is 3.81. The molecule has 2 aromatic heterocycles. The zero-order chi connectivity index (χ0) is 22.8. The number of aryl methyl sites for hydroxylation is 2. The van der Waals surface area contributed by atoms with Gasteiger partial charge in [0, 0.05) is 24.0 Å². The minimum Gasteiger partial charge on any atom is -0.352 e. The first-order valence-corrected chi connectivity index (χ1v) is 11.9. The SMILES string of the molecule is Cc1ccc(-n2c(SC(C(=O)NC3CC3)c3ccccc3)nnc2-c2cccnc2)c(C)c1. The van der Waals surface area contributed by atoms with Crippen molar-refractivity contribution < 1.29 is 4.79 Å². The van der Waals surface area contributed by atoms with Crippen molar-refractivity contribution in [2.75, 3.05) is 0 Å². The second-order valence-corrected chi connectivity index (χ2v) is 9.44. The third kappa shape index (κ3) is 4.68. The fraction of sp³-hybridized carbons (Fsp3) is 0.231. The molecule has 33 heavy (non-hydrogen) atoms. The minimum absolute atomic E-state index is 0.00630. The quantitative estimate of drug-likeness (QED) is 0.395. The Hall–Kier alpha value is -3.45. The highest BCUT2D eigenvalue weighted by Gasteiger charge is 2.31. The van der Waals surface area contributed by atoms with E-state index in [1.165, 1.54) is 17.3 Å². The van der Waals surface area contributed by atoms with Crippen LogP contribution >= 0.6 is 11.8 Å². The minimum atomic E-state index is -0.428. The van der Waals surface area contributed by atoms with E-state index in [0.717, 1.165) is 35.2 Å². The number of rotatable bonds is 7. The number of carbonyl (C=O) groups is 1. The molecule has 1 aliphatic carbocycles. The van der Waals surface area contributed by atoms with E-state index in [4.69, 9.17) is 0 Å². The summed E-state index contributed by atoms with van der Waals surface area (Å²) < 4.78 is 2.04. The molecule has 1 saturated carbocycles. The summed E-state index contributed by atoms with van der Waals surface area (Å²) >= 11 is 1.43. The second kappa shape index (κ2) is 9.19. The molecule has 1 fully saturated rings. The molecule has 5 rings (SSSR count). The molecule has 4 aromatic rings. The van der Waals surface area contributed by atoms with Crippen LogP contribution in [-0.2, 0) is 4.79 Å². The smallest absolute Gasteiger partial charge is 0.238 e. The van der Waals surface area contributed by atoms with Gasteiger partial charge < -0.3 is 5.32 Å². The van der Waals surface area contributed by atoms with Crippen LogP contribution < -0.4 is 5.32 Å². The number of amides is 1. The van der Waals surface area contributed by atoms with Gasteiger partial charge in [0.15, 0.2) is 11.0 Å². The average Bonchev–Trinajstić information content (AvgIpc) is 3.55. The maximum Gasteiger partial charge on any atom is 0.238 e. The predicted molar refractivity (Wildman–Crippen MR) is 130 cm³/mol. The van der Waals surface area contributed by atoms with Gasteiger partial charge in [-0.1, -0.05) is 59.8 Å². The summed E-state index contributed by atoms with van der Waals surface area (Å²) in [6, 6.07) is 20.3. The molecule has 0 spiro atoms. The lowest BCUT2D eigenvalue weighted by Gasteiger charge is -2.18. The van der Waals surface area contributed by atoms with E-state index in [2.05, 4.69) is 52.5 Å². The molecule has 2 heterocycles. The van der Waals surface area contributed by atoms with Crippen molar-refractivity contribution in [3.05, 3.63) is 89.7 Å². The van der Waals surface area contributed by atoms with Crippen molar-refractivity contribution >= 4 is 17.7 Å². The molecule has 1 aliphatic rings. The van der Waals surface area contributed by atoms with Crippen molar-refractivity contribution in [2.45, 2.75) is 43.1 Å². The van der Waals surface area contributed by atoms with E-state index < -0.39 is 5.25 Å². The van der Waals surface area contributed by atoms with Gasteiger partial charge >= 0.3 is 0 Å². The van der Waals surface area contributed by atoms with Gasteiger partial charge in [0.2, 0.25) is 5.91 Å². The Morgan fingerprint density at radius 3 is 2.58 bits per heavy atom.